The summed E-state index contributed by atoms with van der Waals surface area (Å²) in [4.78, 5) is 12.0. The van der Waals surface area contributed by atoms with E-state index in [2.05, 4.69) is 28.2 Å². The molecule has 0 bridgehead atoms. The molecule has 0 fully saturated rings. The molecular formula is C14H21BrN2O2. The maximum absolute atomic E-state index is 12.0. The first-order chi connectivity index (χ1) is 9.08. The third kappa shape index (κ3) is 5.20. The molecule has 0 aliphatic rings. The van der Waals surface area contributed by atoms with E-state index in [1.807, 2.05) is 0 Å². The summed E-state index contributed by atoms with van der Waals surface area (Å²) in [6, 6.07) is 5.12. The molecule has 1 rings (SSSR count). The summed E-state index contributed by atoms with van der Waals surface area (Å²) in [7, 11) is 0. The summed E-state index contributed by atoms with van der Waals surface area (Å²) in [5, 5.41) is 11.9. The van der Waals surface area contributed by atoms with E-state index in [0.717, 1.165) is 23.7 Å². The van der Waals surface area contributed by atoms with Crippen LogP contribution in [0.3, 0.4) is 0 Å². The molecule has 0 spiro atoms. The molecule has 19 heavy (non-hydrogen) atoms. The summed E-state index contributed by atoms with van der Waals surface area (Å²) >= 11 is 3.31. The smallest absolute Gasteiger partial charge is 0.251 e. The first kappa shape index (κ1) is 16.0. The van der Waals surface area contributed by atoms with Gasteiger partial charge in [-0.25, -0.2) is 0 Å². The number of halogens is 1. The van der Waals surface area contributed by atoms with Crippen LogP contribution in [0.25, 0.3) is 0 Å². The van der Waals surface area contributed by atoms with Crippen LogP contribution in [0.4, 0.5) is 5.69 Å². The van der Waals surface area contributed by atoms with Gasteiger partial charge >= 0.3 is 0 Å². The van der Waals surface area contributed by atoms with Crippen molar-refractivity contribution in [3.8, 4) is 0 Å². The number of nitrogens with one attached hydrogen (secondary N) is 1. The molecule has 0 aliphatic heterocycles. The first-order valence-electron chi connectivity index (χ1n) is 6.52. The Bertz CT molecular complexity index is 418. The number of carbonyl (C=O) groups is 1. The predicted molar refractivity (Wildman–Crippen MR) is 81.0 cm³/mol. The van der Waals surface area contributed by atoms with Gasteiger partial charge in [-0.2, -0.15) is 0 Å². The normalized spacial score (nSPS) is 12.2. The number of benzene rings is 1. The fourth-order valence-corrected chi connectivity index (χ4v) is 2.33. The van der Waals surface area contributed by atoms with Gasteiger partial charge in [0.15, 0.2) is 0 Å². The van der Waals surface area contributed by atoms with Crippen LogP contribution in [0.2, 0.25) is 0 Å². The average Bonchev–Trinajstić information content (AvgIpc) is 2.39. The van der Waals surface area contributed by atoms with Gasteiger partial charge < -0.3 is 16.2 Å². The summed E-state index contributed by atoms with van der Waals surface area (Å²) in [6.07, 6.45) is 2.78. The fraction of sp³-hybridized carbons (Fsp3) is 0.500. The highest BCUT2D eigenvalue weighted by atomic mass is 79.9. The first-order valence-corrected chi connectivity index (χ1v) is 7.31. The molecule has 106 valence electrons. The number of hydrogen-bond donors (Lipinski definition) is 3. The lowest BCUT2D eigenvalue weighted by molar-refractivity contribution is 0.0943. The minimum absolute atomic E-state index is 0.111. The molecule has 1 atom stereocenters. The van der Waals surface area contributed by atoms with Crippen molar-refractivity contribution in [3.63, 3.8) is 0 Å². The lowest BCUT2D eigenvalue weighted by Crippen LogP contribution is -2.29. The molecule has 0 saturated carbocycles. The topological polar surface area (TPSA) is 75.3 Å². The molecule has 0 aliphatic carbocycles. The summed E-state index contributed by atoms with van der Waals surface area (Å²) in [6.45, 7) is 2.85. The lowest BCUT2D eigenvalue weighted by Gasteiger charge is -2.15. The molecule has 5 heteroatoms. The summed E-state index contributed by atoms with van der Waals surface area (Å²) < 4.78 is 0.723. The monoisotopic (exact) mass is 328 g/mol. The summed E-state index contributed by atoms with van der Waals surface area (Å²) in [5.74, 6) is 0.218. The number of aliphatic hydroxyl groups is 1. The Morgan fingerprint density at radius 2 is 2.21 bits per heavy atom. The highest BCUT2D eigenvalue weighted by Gasteiger charge is 2.11. The Morgan fingerprint density at radius 3 is 2.79 bits per heavy atom. The van der Waals surface area contributed by atoms with Crippen molar-refractivity contribution in [1.29, 1.82) is 0 Å². The number of rotatable bonds is 7. The second-order valence-electron chi connectivity index (χ2n) is 4.61. The highest BCUT2D eigenvalue weighted by Crippen LogP contribution is 2.20. The average molecular weight is 329 g/mol. The van der Waals surface area contributed by atoms with Gasteiger partial charge in [0.25, 0.3) is 5.91 Å². The Hall–Kier alpha value is -1.07. The van der Waals surface area contributed by atoms with Crippen molar-refractivity contribution in [1.82, 2.24) is 5.32 Å². The van der Waals surface area contributed by atoms with Gasteiger partial charge in [0.05, 0.1) is 0 Å². The Kier molecular flexibility index (Phi) is 6.87. The van der Waals surface area contributed by atoms with Crippen LogP contribution in [0.15, 0.2) is 22.7 Å². The van der Waals surface area contributed by atoms with Crippen molar-refractivity contribution in [2.75, 3.05) is 18.9 Å². The van der Waals surface area contributed by atoms with Gasteiger partial charge in [0.2, 0.25) is 0 Å². The quantitative estimate of drug-likeness (QED) is 0.673. The van der Waals surface area contributed by atoms with E-state index < -0.39 is 0 Å². The van der Waals surface area contributed by atoms with Gasteiger partial charge in [0, 0.05) is 28.9 Å². The second kappa shape index (κ2) is 8.17. The van der Waals surface area contributed by atoms with Crippen LogP contribution in [-0.4, -0.2) is 24.2 Å². The van der Waals surface area contributed by atoms with E-state index in [1.165, 1.54) is 0 Å². The number of hydrogen-bond acceptors (Lipinski definition) is 3. The zero-order chi connectivity index (χ0) is 14.3. The van der Waals surface area contributed by atoms with Gasteiger partial charge in [-0.05, 0) is 52.9 Å². The molecular weight excluding hydrogens is 308 g/mol. The largest absolute Gasteiger partial charge is 0.398 e. The summed E-state index contributed by atoms with van der Waals surface area (Å²) in [5.41, 5.74) is 6.88. The molecule has 1 unspecified atom stereocenters. The number of nitrogen functional groups attached to an aromatic ring is 1. The fourth-order valence-electron chi connectivity index (χ4n) is 1.95. The second-order valence-corrected chi connectivity index (χ2v) is 5.47. The minimum atomic E-state index is -0.111. The van der Waals surface area contributed by atoms with Crippen LogP contribution in [0.1, 0.15) is 36.5 Å². The molecule has 4 N–H and O–H groups in total. The Balaban J connectivity index is 2.56. The van der Waals surface area contributed by atoms with Crippen LogP contribution in [0.5, 0.6) is 0 Å². The molecule has 1 aromatic carbocycles. The van der Waals surface area contributed by atoms with Gasteiger partial charge in [-0.1, -0.05) is 13.3 Å². The third-order valence-corrected chi connectivity index (χ3v) is 3.73. The molecule has 1 amide bonds. The SMILES string of the molecule is CCCC(CCO)CNC(=O)c1ccc(N)c(Br)c1. The Morgan fingerprint density at radius 1 is 1.47 bits per heavy atom. The van der Waals surface area contributed by atoms with E-state index in [9.17, 15) is 4.79 Å². The van der Waals surface area contributed by atoms with E-state index in [4.69, 9.17) is 10.8 Å². The lowest BCUT2D eigenvalue weighted by atomic mass is 10.00. The number of nitrogens with two attached hydrogens (primary N) is 1. The molecule has 0 radical (unpaired) electrons. The predicted octanol–water partition coefficient (Wildman–Crippen LogP) is 2.56. The Labute approximate surface area is 122 Å². The molecule has 0 heterocycles. The molecule has 0 aromatic heterocycles. The maximum atomic E-state index is 12.0. The van der Waals surface area contributed by atoms with E-state index in [-0.39, 0.29) is 12.5 Å². The van der Waals surface area contributed by atoms with Crippen LogP contribution in [0, 0.1) is 5.92 Å². The van der Waals surface area contributed by atoms with Gasteiger partial charge in [-0.15, -0.1) is 0 Å². The van der Waals surface area contributed by atoms with Crippen LogP contribution in [-0.2, 0) is 0 Å². The maximum Gasteiger partial charge on any atom is 0.251 e. The van der Waals surface area contributed by atoms with Crippen LogP contribution < -0.4 is 11.1 Å². The van der Waals surface area contributed by atoms with E-state index in [0.29, 0.717) is 23.7 Å². The zero-order valence-corrected chi connectivity index (χ0v) is 12.7. The molecule has 1 aromatic rings. The third-order valence-electron chi connectivity index (χ3n) is 3.05. The van der Waals surface area contributed by atoms with Crippen molar-refractivity contribution in [3.05, 3.63) is 28.2 Å². The number of anilines is 1. The standard InChI is InChI=1S/C14H21BrN2O2/c1-2-3-10(6-7-18)9-17-14(19)11-4-5-13(16)12(15)8-11/h4-5,8,10,18H,2-3,6-7,9,16H2,1H3,(H,17,19). The zero-order valence-electron chi connectivity index (χ0n) is 11.2. The van der Waals surface area contributed by atoms with Crippen molar-refractivity contribution in [2.24, 2.45) is 5.92 Å². The number of carbonyl (C=O) groups excluding carboxylic acids is 1. The van der Waals surface area contributed by atoms with Gasteiger partial charge in [0.1, 0.15) is 0 Å². The van der Waals surface area contributed by atoms with Crippen LogP contribution >= 0.6 is 15.9 Å². The number of amides is 1. The van der Waals surface area contributed by atoms with Gasteiger partial charge in [-0.3, -0.25) is 4.79 Å². The molecule has 0 saturated heterocycles. The van der Waals surface area contributed by atoms with E-state index in [1.54, 1.807) is 18.2 Å². The molecule has 4 nitrogen and oxygen atoms in total. The van der Waals surface area contributed by atoms with Crippen molar-refractivity contribution in [2.45, 2.75) is 26.2 Å². The van der Waals surface area contributed by atoms with Crippen molar-refractivity contribution >= 4 is 27.5 Å². The highest BCUT2D eigenvalue weighted by molar-refractivity contribution is 9.10. The van der Waals surface area contributed by atoms with Crippen molar-refractivity contribution < 1.29 is 9.90 Å². The van der Waals surface area contributed by atoms with E-state index >= 15 is 0 Å². The number of aliphatic hydroxyl groups excluding tert-OH is 1. The minimum Gasteiger partial charge on any atom is -0.398 e.